The average molecular weight is 349 g/mol. The van der Waals surface area contributed by atoms with Crippen LogP contribution in [-0.2, 0) is 9.53 Å². The average Bonchev–Trinajstić information content (AvgIpc) is 2.54. The molecule has 1 aromatic carbocycles. The summed E-state index contributed by atoms with van der Waals surface area (Å²) in [6, 6.07) is 6.17. The van der Waals surface area contributed by atoms with Gasteiger partial charge in [0.15, 0.2) is 0 Å². The maximum absolute atomic E-state index is 12.2. The van der Waals surface area contributed by atoms with E-state index < -0.39 is 17.5 Å². The molecule has 0 aromatic heterocycles. The van der Waals surface area contributed by atoms with Crippen molar-refractivity contribution >= 4 is 17.7 Å². The van der Waals surface area contributed by atoms with Crippen molar-refractivity contribution < 1.29 is 24.2 Å². The van der Waals surface area contributed by atoms with Gasteiger partial charge in [-0.1, -0.05) is 0 Å². The minimum absolute atomic E-state index is 0.0530. The van der Waals surface area contributed by atoms with Gasteiger partial charge in [-0.3, -0.25) is 4.79 Å². The molecule has 8 heteroatoms. The molecule has 0 heterocycles. The van der Waals surface area contributed by atoms with Gasteiger partial charge >= 0.3 is 12.0 Å². The molecule has 0 atom stereocenters. The number of urea groups is 1. The summed E-state index contributed by atoms with van der Waals surface area (Å²) in [6.45, 7) is 4.14. The molecule has 0 unspecified atom stereocenters. The van der Waals surface area contributed by atoms with E-state index in [9.17, 15) is 9.59 Å². The van der Waals surface area contributed by atoms with E-state index in [-0.39, 0.29) is 12.8 Å². The summed E-state index contributed by atoms with van der Waals surface area (Å²) in [5.74, 6) is -0.514. The predicted molar refractivity (Wildman–Crippen MR) is 91.6 cm³/mol. The zero-order chi connectivity index (χ0) is 18.9. The van der Waals surface area contributed by atoms with Crippen LogP contribution in [0.4, 0.5) is 10.5 Å². The third-order valence-electron chi connectivity index (χ3n) is 3.32. The third kappa shape index (κ3) is 7.54. The number of ether oxygens (including phenoxy) is 2. The summed E-state index contributed by atoms with van der Waals surface area (Å²) in [6.07, 6.45) is 0.230. The van der Waals surface area contributed by atoms with Gasteiger partial charge in [-0.25, -0.2) is 4.79 Å². The van der Waals surface area contributed by atoms with Crippen LogP contribution in [0.25, 0.3) is 0 Å². The van der Waals surface area contributed by atoms with Crippen molar-refractivity contribution in [3.05, 3.63) is 23.8 Å². The van der Waals surface area contributed by atoms with E-state index in [4.69, 9.17) is 19.8 Å². The zero-order valence-corrected chi connectivity index (χ0v) is 14.6. The number of nitrogens with one attached hydrogen (secondary N) is 2. The molecular formula is C17H23N3O5. The highest BCUT2D eigenvalue weighted by atomic mass is 16.5. The normalized spacial score (nSPS) is 10.6. The van der Waals surface area contributed by atoms with E-state index in [1.54, 1.807) is 33.1 Å². The number of hydrogen-bond donors (Lipinski definition) is 3. The molecule has 1 aromatic rings. The van der Waals surface area contributed by atoms with Crippen LogP contribution in [0.15, 0.2) is 18.2 Å². The van der Waals surface area contributed by atoms with Gasteiger partial charge in [-0.15, -0.1) is 0 Å². The lowest BCUT2D eigenvalue weighted by Crippen LogP contribution is -2.45. The smallest absolute Gasteiger partial charge is 0.319 e. The van der Waals surface area contributed by atoms with Crippen LogP contribution in [-0.4, -0.2) is 43.0 Å². The van der Waals surface area contributed by atoms with Crippen LogP contribution < -0.4 is 15.4 Å². The Bertz CT molecular complexity index is 652. The molecule has 0 fully saturated rings. The van der Waals surface area contributed by atoms with Crippen LogP contribution in [0.2, 0.25) is 0 Å². The largest absolute Gasteiger partial charge is 0.489 e. The lowest BCUT2D eigenvalue weighted by Gasteiger charge is -2.26. The molecule has 136 valence electrons. The summed E-state index contributed by atoms with van der Waals surface area (Å²) in [4.78, 5) is 22.9. The molecule has 0 saturated carbocycles. The van der Waals surface area contributed by atoms with E-state index in [1.807, 2.05) is 6.07 Å². The quantitative estimate of drug-likeness (QED) is 0.589. The van der Waals surface area contributed by atoms with Crippen LogP contribution >= 0.6 is 0 Å². The molecule has 0 aliphatic rings. The van der Waals surface area contributed by atoms with E-state index in [2.05, 4.69) is 10.6 Å². The number of carbonyl (C=O) groups is 2. The van der Waals surface area contributed by atoms with Gasteiger partial charge in [-0.05, 0) is 38.5 Å². The summed E-state index contributed by atoms with van der Waals surface area (Å²) >= 11 is 0. The highest BCUT2D eigenvalue weighted by Crippen LogP contribution is 2.26. The monoisotopic (exact) mass is 349 g/mol. The summed E-state index contributed by atoms with van der Waals surface area (Å²) < 4.78 is 10.4. The number of carboxylic acid groups (broad SMARTS) is 1. The van der Waals surface area contributed by atoms with Crippen molar-refractivity contribution in [3.63, 3.8) is 0 Å². The van der Waals surface area contributed by atoms with Gasteiger partial charge in [0.25, 0.3) is 0 Å². The highest BCUT2D eigenvalue weighted by Gasteiger charge is 2.22. The number of nitriles is 1. The molecule has 0 spiro atoms. The first-order valence-corrected chi connectivity index (χ1v) is 7.74. The molecule has 1 rings (SSSR count). The summed E-state index contributed by atoms with van der Waals surface area (Å²) in [5, 5.41) is 23.1. The van der Waals surface area contributed by atoms with Crippen LogP contribution in [0.5, 0.6) is 5.75 Å². The predicted octanol–water partition coefficient (Wildman–Crippen LogP) is 2.35. The maximum Gasteiger partial charge on any atom is 0.319 e. The zero-order valence-electron chi connectivity index (χ0n) is 14.6. The fraction of sp³-hybridized carbons (Fsp3) is 0.471. The second-order valence-corrected chi connectivity index (χ2v) is 6.02. The molecule has 0 aliphatic heterocycles. The number of carbonyl (C=O) groups excluding carboxylic acids is 1. The molecule has 8 nitrogen and oxygen atoms in total. The number of anilines is 1. The first kappa shape index (κ1) is 20.3. The number of amides is 2. The van der Waals surface area contributed by atoms with E-state index in [0.29, 0.717) is 30.2 Å². The first-order chi connectivity index (χ1) is 11.8. The lowest BCUT2D eigenvalue weighted by molar-refractivity contribution is -0.137. The fourth-order valence-electron chi connectivity index (χ4n) is 2.00. The SMILES string of the molecule is COCCOc1ccc(C#N)cc1NC(=O)NC(C)(C)CCC(=O)O. The molecule has 25 heavy (non-hydrogen) atoms. The molecule has 0 saturated heterocycles. The minimum atomic E-state index is -0.925. The number of rotatable bonds is 9. The van der Waals surface area contributed by atoms with Gasteiger partial charge in [0.05, 0.1) is 23.9 Å². The first-order valence-electron chi connectivity index (χ1n) is 7.74. The van der Waals surface area contributed by atoms with Crippen molar-refractivity contribution in [2.45, 2.75) is 32.2 Å². The Hall–Kier alpha value is -2.79. The van der Waals surface area contributed by atoms with Gasteiger partial charge in [0.1, 0.15) is 12.4 Å². The Balaban J connectivity index is 2.80. The number of carboxylic acids is 1. The molecule has 0 aliphatic carbocycles. The van der Waals surface area contributed by atoms with Crippen molar-refractivity contribution in [2.75, 3.05) is 25.6 Å². The topological polar surface area (TPSA) is 121 Å². The molecular weight excluding hydrogens is 326 g/mol. The Labute approximate surface area is 146 Å². The highest BCUT2D eigenvalue weighted by molar-refractivity contribution is 5.91. The number of benzene rings is 1. The molecule has 2 amide bonds. The molecule has 0 radical (unpaired) electrons. The van der Waals surface area contributed by atoms with Crippen LogP contribution in [0.3, 0.4) is 0 Å². The van der Waals surface area contributed by atoms with Crippen LogP contribution in [0, 0.1) is 11.3 Å². The number of hydrogen-bond acceptors (Lipinski definition) is 5. The second kappa shape index (κ2) is 9.49. The van der Waals surface area contributed by atoms with E-state index in [0.717, 1.165) is 0 Å². The maximum atomic E-state index is 12.2. The van der Waals surface area contributed by atoms with Crippen molar-refractivity contribution in [3.8, 4) is 11.8 Å². The summed E-state index contributed by atoms with van der Waals surface area (Å²) in [7, 11) is 1.55. The Morgan fingerprint density at radius 2 is 2.04 bits per heavy atom. The number of methoxy groups -OCH3 is 1. The van der Waals surface area contributed by atoms with Gasteiger partial charge in [0.2, 0.25) is 0 Å². The van der Waals surface area contributed by atoms with Crippen molar-refractivity contribution in [2.24, 2.45) is 0 Å². The molecule has 0 bridgehead atoms. The Kier molecular flexibility index (Phi) is 7.69. The minimum Gasteiger partial charge on any atom is -0.489 e. The number of nitrogens with zero attached hydrogens (tertiary/aromatic N) is 1. The lowest BCUT2D eigenvalue weighted by atomic mass is 9.99. The van der Waals surface area contributed by atoms with E-state index in [1.165, 1.54) is 6.07 Å². The fourth-order valence-corrected chi connectivity index (χ4v) is 2.00. The third-order valence-corrected chi connectivity index (χ3v) is 3.32. The van der Waals surface area contributed by atoms with Crippen molar-refractivity contribution in [1.82, 2.24) is 5.32 Å². The van der Waals surface area contributed by atoms with Gasteiger partial charge in [-0.2, -0.15) is 5.26 Å². The second-order valence-electron chi connectivity index (χ2n) is 6.02. The molecule has 3 N–H and O–H groups in total. The standard InChI is InChI=1S/C17H23N3O5/c1-17(2,7-6-15(21)22)20-16(23)19-13-10-12(11-18)4-5-14(13)25-9-8-24-3/h4-5,10H,6-9H2,1-3H3,(H,21,22)(H2,19,20,23). The Morgan fingerprint density at radius 1 is 1.32 bits per heavy atom. The summed E-state index contributed by atoms with van der Waals surface area (Å²) in [5.41, 5.74) is 0.0213. The van der Waals surface area contributed by atoms with Gasteiger partial charge in [0, 0.05) is 19.1 Å². The van der Waals surface area contributed by atoms with E-state index >= 15 is 0 Å². The van der Waals surface area contributed by atoms with Crippen LogP contribution in [0.1, 0.15) is 32.3 Å². The number of aliphatic carboxylic acids is 1. The Morgan fingerprint density at radius 3 is 2.64 bits per heavy atom. The van der Waals surface area contributed by atoms with Gasteiger partial charge < -0.3 is 25.2 Å². The van der Waals surface area contributed by atoms with Crippen molar-refractivity contribution in [1.29, 1.82) is 5.26 Å².